The number of aromatic hydroxyl groups is 1. The van der Waals surface area contributed by atoms with Crippen molar-refractivity contribution in [3.05, 3.63) is 64.7 Å². The van der Waals surface area contributed by atoms with Crippen LogP contribution in [0.2, 0.25) is 0 Å². The van der Waals surface area contributed by atoms with Crippen molar-refractivity contribution in [2.24, 2.45) is 4.99 Å². The molecule has 2 nitrogen and oxygen atoms in total. The molecule has 0 atom stereocenters. The van der Waals surface area contributed by atoms with Crippen LogP contribution in [-0.2, 0) is 5.41 Å². The molecule has 0 amide bonds. The Hall–Kier alpha value is -2.09. The molecule has 132 valence electrons. The zero-order valence-corrected chi connectivity index (χ0v) is 15.6. The highest BCUT2D eigenvalue weighted by Gasteiger charge is 2.27. The number of hydrogen-bond donors (Lipinski definition) is 1. The molecule has 1 aliphatic carbocycles. The predicted molar refractivity (Wildman–Crippen MR) is 106 cm³/mol. The zero-order chi connectivity index (χ0) is 17.9. The molecular weight excluding hydrogens is 306 g/mol. The maximum Gasteiger partial charge on any atom is 0.128 e. The van der Waals surface area contributed by atoms with Crippen molar-refractivity contribution >= 4 is 6.21 Å². The van der Waals surface area contributed by atoms with Crippen molar-refractivity contribution in [1.29, 1.82) is 0 Å². The summed E-state index contributed by atoms with van der Waals surface area (Å²) in [5, 5.41) is 10.9. The van der Waals surface area contributed by atoms with Gasteiger partial charge < -0.3 is 5.11 Å². The fourth-order valence-corrected chi connectivity index (χ4v) is 3.81. The molecule has 1 fully saturated rings. The minimum absolute atomic E-state index is 0.259. The van der Waals surface area contributed by atoms with Gasteiger partial charge in [0.05, 0.1) is 0 Å². The van der Waals surface area contributed by atoms with Gasteiger partial charge in [0.25, 0.3) is 0 Å². The third-order valence-corrected chi connectivity index (χ3v) is 5.45. The number of rotatable bonds is 4. The van der Waals surface area contributed by atoms with Gasteiger partial charge in [-0.25, -0.2) is 0 Å². The highest BCUT2D eigenvalue weighted by molar-refractivity contribution is 5.85. The average Bonchev–Trinajstić information content (AvgIpc) is 2.63. The molecule has 0 bridgehead atoms. The Labute approximate surface area is 151 Å². The monoisotopic (exact) mass is 335 g/mol. The van der Waals surface area contributed by atoms with Crippen LogP contribution in [-0.4, -0.2) is 17.4 Å². The predicted octanol–water partition coefficient (Wildman–Crippen LogP) is 5.78. The zero-order valence-electron chi connectivity index (χ0n) is 15.6. The lowest BCUT2D eigenvalue weighted by molar-refractivity contribution is 0.443. The fraction of sp³-hybridized carbons (Fsp3) is 0.435. The van der Waals surface area contributed by atoms with E-state index in [-0.39, 0.29) is 5.41 Å². The normalized spacial score (nSPS) is 16.4. The summed E-state index contributed by atoms with van der Waals surface area (Å²) in [4.78, 5) is 4.77. The van der Waals surface area contributed by atoms with Gasteiger partial charge in [0.2, 0.25) is 0 Å². The fourth-order valence-electron chi connectivity index (χ4n) is 3.81. The Balaban J connectivity index is 1.96. The molecule has 0 saturated heterocycles. The molecule has 2 aromatic carbocycles. The van der Waals surface area contributed by atoms with Gasteiger partial charge >= 0.3 is 0 Å². The van der Waals surface area contributed by atoms with E-state index in [9.17, 15) is 5.11 Å². The summed E-state index contributed by atoms with van der Waals surface area (Å²) in [7, 11) is 0. The summed E-state index contributed by atoms with van der Waals surface area (Å²) in [6.45, 7) is 6.42. The summed E-state index contributed by atoms with van der Waals surface area (Å²) >= 11 is 0. The third-order valence-electron chi connectivity index (χ3n) is 5.45. The van der Waals surface area contributed by atoms with E-state index >= 15 is 0 Å². The van der Waals surface area contributed by atoms with E-state index in [0.29, 0.717) is 11.8 Å². The summed E-state index contributed by atoms with van der Waals surface area (Å²) < 4.78 is 0. The minimum atomic E-state index is -0.259. The molecule has 0 unspecified atom stereocenters. The maximum absolute atomic E-state index is 10.9. The molecule has 2 heteroatoms. The van der Waals surface area contributed by atoms with Crippen LogP contribution in [0.5, 0.6) is 5.75 Å². The highest BCUT2D eigenvalue weighted by Crippen LogP contribution is 2.38. The van der Waals surface area contributed by atoms with E-state index in [1.165, 1.54) is 37.7 Å². The molecule has 1 aliphatic rings. The van der Waals surface area contributed by atoms with Crippen LogP contribution >= 0.6 is 0 Å². The summed E-state index contributed by atoms with van der Waals surface area (Å²) in [6, 6.07) is 14.9. The Kier molecular flexibility index (Phi) is 5.27. The van der Waals surface area contributed by atoms with Crippen LogP contribution in [0.25, 0.3) is 0 Å². The van der Waals surface area contributed by atoms with Crippen LogP contribution in [0.1, 0.15) is 68.2 Å². The molecule has 1 saturated carbocycles. The highest BCUT2D eigenvalue weighted by atomic mass is 16.3. The van der Waals surface area contributed by atoms with Gasteiger partial charge in [0.15, 0.2) is 0 Å². The second kappa shape index (κ2) is 7.43. The molecule has 0 radical (unpaired) electrons. The Morgan fingerprint density at radius 3 is 2.40 bits per heavy atom. The van der Waals surface area contributed by atoms with Crippen LogP contribution in [0.15, 0.2) is 47.5 Å². The van der Waals surface area contributed by atoms with Crippen LogP contribution in [0.4, 0.5) is 0 Å². The number of phenols is 1. The van der Waals surface area contributed by atoms with E-state index in [1.807, 2.05) is 18.3 Å². The molecule has 1 N–H and O–H groups in total. The molecule has 0 heterocycles. The van der Waals surface area contributed by atoms with Gasteiger partial charge in [-0.05, 0) is 37.0 Å². The average molecular weight is 335 g/mol. The van der Waals surface area contributed by atoms with E-state index in [1.54, 1.807) is 0 Å². The molecule has 0 spiro atoms. The summed E-state index contributed by atoms with van der Waals surface area (Å²) in [6.07, 6.45) is 8.11. The standard InChI is InChI=1S/C23H29NO/c1-17-14-18(16-24-20-12-8-5-9-13-20)22(25)21(15-17)23(2,3)19-10-6-4-7-11-19/h4,6-7,10-11,14-16,20,25H,5,8-9,12-13H2,1-3H3. The van der Waals surface area contributed by atoms with E-state index in [4.69, 9.17) is 4.99 Å². The molecule has 3 rings (SSSR count). The van der Waals surface area contributed by atoms with Gasteiger partial charge in [-0.2, -0.15) is 0 Å². The first-order valence-electron chi connectivity index (χ1n) is 9.41. The van der Waals surface area contributed by atoms with Crippen molar-refractivity contribution in [2.75, 3.05) is 0 Å². The second-order valence-corrected chi connectivity index (χ2v) is 7.81. The smallest absolute Gasteiger partial charge is 0.128 e. The number of nitrogens with zero attached hydrogens (tertiary/aromatic N) is 1. The molecule has 0 aliphatic heterocycles. The van der Waals surface area contributed by atoms with Gasteiger partial charge in [-0.1, -0.05) is 69.5 Å². The van der Waals surface area contributed by atoms with Crippen molar-refractivity contribution in [3.63, 3.8) is 0 Å². The van der Waals surface area contributed by atoms with Gasteiger partial charge in [0.1, 0.15) is 5.75 Å². The lowest BCUT2D eigenvalue weighted by Gasteiger charge is -2.28. The summed E-state index contributed by atoms with van der Waals surface area (Å²) in [5.41, 5.74) is 3.89. The number of phenolic OH excluding ortho intramolecular Hbond substituents is 1. The van der Waals surface area contributed by atoms with Crippen molar-refractivity contribution in [2.45, 2.75) is 64.3 Å². The first-order chi connectivity index (χ1) is 12.0. The largest absolute Gasteiger partial charge is 0.507 e. The first kappa shape index (κ1) is 17.7. The summed E-state index contributed by atoms with van der Waals surface area (Å²) in [5.74, 6) is 0.360. The van der Waals surface area contributed by atoms with Gasteiger partial charge in [0, 0.05) is 28.8 Å². The number of hydrogen-bond acceptors (Lipinski definition) is 2. The van der Waals surface area contributed by atoms with Gasteiger partial charge in [-0.15, -0.1) is 0 Å². The second-order valence-electron chi connectivity index (χ2n) is 7.81. The molecule has 2 aromatic rings. The third kappa shape index (κ3) is 3.95. The number of benzene rings is 2. The van der Waals surface area contributed by atoms with Crippen LogP contribution in [0, 0.1) is 6.92 Å². The van der Waals surface area contributed by atoms with Crippen molar-refractivity contribution in [3.8, 4) is 5.75 Å². The van der Waals surface area contributed by atoms with E-state index in [0.717, 1.165) is 16.7 Å². The topological polar surface area (TPSA) is 32.6 Å². The van der Waals surface area contributed by atoms with Crippen molar-refractivity contribution < 1.29 is 5.11 Å². The minimum Gasteiger partial charge on any atom is -0.507 e. The lowest BCUT2D eigenvalue weighted by atomic mass is 9.76. The van der Waals surface area contributed by atoms with Crippen molar-refractivity contribution in [1.82, 2.24) is 0 Å². The van der Waals surface area contributed by atoms with E-state index in [2.05, 4.69) is 51.1 Å². The Morgan fingerprint density at radius 1 is 1.04 bits per heavy atom. The SMILES string of the molecule is Cc1cc(C=NC2CCCCC2)c(O)c(C(C)(C)c2ccccc2)c1. The maximum atomic E-state index is 10.9. The van der Waals surface area contributed by atoms with E-state index < -0.39 is 0 Å². The quantitative estimate of drug-likeness (QED) is 0.706. The van der Waals surface area contributed by atoms with Crippen LogP contribution < -0.4 is 0 Å². The molecular formula is C23H29NO. The number of aryl methyl sites for hydroxylation is 1. The number of aliphatic imine (C=N–C) groups is 1. The van der Waals surface area contributed by atoms with Crippen LogP contribution in [0.3, 0.4) is 0 Å². The lowest BCUT2D eigenvalue weighted by Crippen LogP contribution is -2.19. The molecule has 0 aromatic heterocycles. The molecule has 25 heavy (non-hydrogen) atoms. The Morgan fingerprint density at radius 2 is 1.72 bits per heavy atom. The Bertz CT molecular complexity index is 740. The first-order valence-corrected chi connectivity index (χ1v) is 9.41. The van der Waals surface area contributed by atoms with Gasteiger partial charge in [-0.3, -0.25) is 4.99 Å².